The van der Waals surface area contributed by atoms with E-state index in [1.807, 2.05) is 12.1 Å². The van der Waals surface area contributed by atoms with E-state index in [4.69, 9.17) is 10.00 Å². The highest BCUT2D eigenvalue weighted by Gasteiger charge is 2.18. The van der Waals surface area contributed by atoms with Gasteiger partial charge in [-0.2, -0.15) is 5.26 Å². The minimum Gasteiger partial charge on any atom is -0.492 e. The van der Waals surface area contributed by atoms with Gasteiger partial charge in [-0.3, -0.25) is 4.90 Å². The molecule has 1 unspecified atom stereocenters. The van der Waals surface area contributed by atoms with Gasteiger partial charge in [0.05, 0.1) is 11.6 Å². The van der Waals surface area contributed by atoms with Crippen LogP contribution in [-0.4, -0.2) is 30.6 Å². The molecule has 3 nitrogen and oxygen atoms in total. The van der Waals surface area contributed by atoms with Gasteiger partial charge >= 0.3 is 0 Å². The molecule has 0 spiro atoms. The van der Waals surface area contributed by atoms with Crippen molar-refractivity contribution in [2.45, 2.75) is 45.1 Å². The van der Waals surface area contributed by atoms with Crippen LogP contribution in [-0.2, 0) is 0 Å². The summed E-state index contributed by atoms with van der Waals surface area (Å²) in [5, 5.41) is 8.76. The Morgan fingerprint density at radius 1 is 1.25 bits per heavy atom. The standard InChI is InChI=1S/C17H24N2O/c1-2-16-6-4-3-5-11-19(16)12-13-20-17-9-7-15(14-18)8-10-17/h7-10,16H,2-6,11-13H2,1H3. The lowest BCUT2D eigenvalue weighted by atomic mass is 10.1. The van der Waals surface area contributed by atoms with Crippen molar-refractivity contribution in [3.63, 3.8) is 0 Å². The normalized spacial score (nSPS) is 20.1. The van der Waals surface area contributed by atoms with Crippen molar-refractivity contribution in [1.29, 1.82) is 5.26 Å². The first-order chi connectivity index (χ1) is 9.83. The Balaban J connectivity index is 1.80. The van der Waals surface area contributed by atoms with Crippen LogP contribution in [0.15, 0.2) is 24.3 Å². The molecule has 1 atom stereocenters. The van der Waals surface area contributed by atoms with Crippen LogP contribution in [0.3, 0.4) is 0 Å². The first kappa shape index (κ1) is 14.9. The largest absolute Gasteiger partial charge is 0.492 e. The number of nitrogens with zero attached hydrogens (tertiary/aromatic N) is 2. The molecule has 1 saturated heterocycles. The van der Waals surface area contributed by atoms with Crippen LogP contribution in [0.1, 0.15) is 44.6 Å². The lowest BCUT2D eigenvalue weighted by Crippen LogP contribution is -2.37. The van der Waals surface area contributed by atoms with E-state index in [2.05, 4.69) is 17.9 Å². The lowest BCUT2D eigenvalue weighted by molar-refractivity contribution is 0.158. The predicted octanol–water partition coefficient (Wildman–Crippen LogP) is 3.59. The third-order valence-electron chi connectivity index (χ3n) is 4.10. The summed E-state index contributed by atoms with van der Waals surface area (Å²) in [4.78, 5) is 2.58. The molecule has 0 aromatic heterocycles. The van der Waals surface area contributed by atoms with Crippen LogP contribution in [0.5, 0.6) is 5.75 Å². The summed E-state index contributed by atoms with van der Waals surface area (Å²) in [6.07, 6.45) is 6.60. The summed E-state index contributed by atoms with van der Waals surface area (Å²) in [5.41, 5.74) is 0.677. The predicted molar refractivity (Wildman–Crippen MR) is 80.8 cm³/mol. The van der Waals surface area contributed by atoms with Crippen LogP contribution in [0.25, 0.3) is 0 Å². The average Bonchev–Trinajstić information content (AvgIpc) is 2.73. The van der Waals surface area contributed by atoms with Gasteiger partial charge in [0, 0.05) is 12.6 Å². The Bertz CT molecular complexity index is 435. The van der Waals surface area contributed by atoms with Crippen LogP contribution < -0.4 is 4.74 Å². The highest BCUT2D eigenvalue weighted by molar-refractivity contribution is 5.34. The van der Waals surface area contributed by atoms with Crippen molar-refractivity contribution >= 4 is 0 Å². The second-order valence-corrected chi connectivity index (χ2v) is 5.43. The molecule has 1 aromatic carbocycles. The maximum atomic E-state index is 8.76. The van der Waals surface area contributed by atoms with E-state index >= 15 is 0 Å². The molecule has 20 heavy (non-hydrogen) atoms. The van der Waals surface area contributed by atoms with Crippen molar-refractivity contribution in [3.8, 4) is 11.8 Å². The molecule has 1 aromatic rings. The van der Waals surface area contributed by atoms with E-state index in [1.165, 1.54) is 38.6 Å². The van der Waals surface area contributed by atoms with E-state index in [0.29, 0.717) is 5.56 Å². The molecule has 2 rings (SSSR count). The number of hydrogen-bond donors (Lipinski definition) is 0. The van der Waals surface area contributed by atoms with Crippen molar-refractivity contribution in [2.24, 2.45) is 0 Å². The molecule has 0 aliphatic carbocycles. The summed E-state index contributed by atoms with van der Waals surface area (Å²) < 4.78 is 5.79. The van der Waals surface area contributed by atoms with Gasteiger partial charge < -0.3 is 4.74 Å². The first-order valence-corrected chi connectivity index (χ1v) is 7.70. The highest BCUT2D eigenvalue weighted by Crippen LogP contribution is 2.19. The van der Waals surface area contributed by atoms with Gasteiger partial charge in [0.2, 0.25) is 0 Å². The molecular formula is C17H24N2O. The number of likely N-dealkylation sites (tertiary alicyclic amines) is 1. The Morgan fingerprint density at radius 3 is 2.75 bits per heavy atom. The van der Waals surface area contributed by atoms with Crippen molar-refractivity contribution < 1.29 is 4.74 Å². The van der Waals surface area contributed by atoms with Crippen molar-refractivity contribution in [1.82, 2.24) is 4.90 Å². The van der Waals surface area contributed by atoms with Gasteiger partial charge in [0.25, 0.3) is 0 Å². The molecule has 1 heterocycles. The van der Waals surface area contributed by atoms with Gasteiger partial charge in [-0.05, 0) is 50.1 Å². The van der Waals surface area contributed by atoms with Gasteiger partial charge in [-0.1, -0.05) is 19.8 Å². The maximum absolute atomic E-state index is 8.76. The Morgan fingerprint density at radius 2 is 2.05 bits per heavy atom. The number of hydrogen-bond acceptors (Lipinski definition) is 3. The fourth-order valence-electron chi connectivity index (χ4n) is 2.90. The number of benzene rings is 1. The third kappa shape index (κ3) is 4.25. The number of nitriles is 1. The van der Waals surface area contributed by atoms with E-state index in [-0.39, 0.29) is 0 Å². The SMILES string of the molecule is CCC1CCCCCN1CCOc1ccc(C#N)cc1. The Hall–Kier alpha value is -1.53. The van der Waals surface area contributed by atoms with Crippen LogP contribution in [0.2, 0.25) is 0 Å². The molecule has 3 heteroatoms. The second-order valence-electron chi connectivity index (χ2n) is 5.43. The quantitative estimate of drug-likeness (QED) is 0.822. The fourth-order valence-corrected chi connectivity index (χ4v) is 2.90. The van der Waals surface area contributed by atoms with E-state index in [9.17, 15) is 0 Å². The van der Waals surface area contributed by atoms with E-state index in [1.54, 1.807) is 12.1 Å². The number of ether oxygens (including phenoxy) is 1. The van der Waals surface area contributed by atoms with Crippen LogP contribution >= 0.6 is 0 Å². The smallest absolute Gasteiger partial charge is 0.119 e. The fraction of sp³-hybridized carbons (Fsp3) is 0.588. The summed E-state index contributed by atoms with van der Waals surface area (Å²) in [6.45, 7) is 5.21. The first-order valence-electron chi connectivity index (χ1n) is 7.70. The minimum absolute atomic E-state index is 0.677. The molecule has 0 saturated carbocycles. The molecule has 108 valence electrons. The zero-order chi connectivity index (χ0) is 14.2. The molecule has 0 radical (unpaired) electrons. The Kier molecular flexibility index (Phi) is 5.88. The average molecular weight is 272 g/mol. The second kappa shape index (κ2) is 7.91. The van der Waals surface area contributed by atoms with Crippen LogP contribution in [0.4, 0.5) is 0 Å². The zero-order valence-electron chi connectivity index (χ0n) is 12.3. The molecule has 0 amide bonds. The topological polar surface area (TPSA) is 36.3 Å². The highest BCUT2D eigenvalue weighted by atomic mass is 16.5. The van der Waals surface area contributed by atoms with Crippen molar-refractivity contribution in [2.75, 3.05) is 19.7 Å². The Labute approximate surface area is 122 Å². The monoisotopic (exact) mass is 272 g/mol. The minimum atomic E-state index is 0.677. The third-order valence-corrected chi connectivity index (χ3v) is 4.10. The molecule has 0 bridgehead atoms. The molecule has 1 fully saturated rings. The van der Waals surface area contributed by atoms with Gasteiger partial charge in [0.1, 0.15) is 12.4 Å². The zero-order valence-corrected chi connectivity index (χ0v) is 12.3. The van der Waals surface area contributed by atoms with E-state index < -0.39 is 0 Å². The van der Waals surface area contributed by atoms with E-state index in [0.717, 1.165) is 24.9 Å². The molecule has 1 aliphatic rings. The molecular weight excluding hydrogens is 248 g/mol. The van der Waals surface area contributed by atoms with Crippen molar-refractivity contribution in [3.05, 3.63) is 29.8 Å². The molecule has 1 aliphatic heterocycles. The van der Waals surface area contributed by atoms with Gasteiger partial charge in [-0.25, -0.2) is 0 Å². The van der Waals surface area contributed by atoms with Gasteiger partial charge in [-0.15, -0.1) is 0 Å². The van der Waals surface area contributed by atoms with Gasteiger partial charge in [0.15, 0.2) is 0 Å². The summed E-state index contributed by atoms with van der Waals surface area (Å²) in [7, 11) is 0. The number of rotatable bonds is 5. The maximum Gasteiger partial charge on any atom is 0.119 e. The molecule has 0 N–H and O–H groups in total. The summed E-state index contributed by atoms with van der Waals surface area (Å²) in [6, 6.07) is 10.2. The van der Waals surface area contributed by atoms with Crippen LogP contribution in [0, 0.1) is 11.3 Å². The summed E-state index contributed by atoms with van der Waals surface area (Å²) >= 11 is 0. The lowest BCUT2D eigenvalue weighted by Gasteiger charge is -2.28. The summed E-state index contributed by atoms with van der Waals surface area (Å²) in [5.74, 6) is 0.854.